The molecular weight excluding hydrogens is 400 g/mol. The van der Waals surface area contributed by atoms with Crippen molar-refractivity contribution >= 4 is 5.97 Å². The Hall–Kier alpha value is -2.14. The Morgan fingerprint density at radius 2 is 1.69 bits per heavy atom. The number of ether oxygens (including phenoxy) is 1. The number of carboxylic acid groups (broad SMARTS) is 1. The van der Waals surface area contributed by atoms with Gasteiger partial charge in [0.15, 0.2) is 0 Å². The fraction of sp³-hybridized carbons (Fsp3) is 0.630. The number of hydrogen-bond donors (Lipinski definition) is 1. The van der Waals surface area contributed by atoms with E-state index in [4.69, 9.17) is 9.84 Å². The summed E-state index contributed by atoms with van der Waals surface area (Å²) in [5.74, 6) is -0.510. The highest BCUT2D eigenvalue weighted by molar-refractivity contribution is 5.90. The van der Waals surface area contributed by atoms with Crippen molar-refractivity contribution in [1.29, 1.82) is 0 Å². The maximum Gasteiger partial charge on any atom is 0.339 e. The zero-order chi connectivity index (χ0) is 24.3. The Balaban J connectivity index is 2.35. The van der Waals surface area contributed by atoms with E-state index in [1.165, 1.54) is 5.56 Å². The van der Waals surface area contributed by atoms with Gasteiger partial charge >= 0.3 is 5.97 Å². The van der Waals surface area contributed by atoms with E-state index in [2.05, 4.69) is 53.7 Å². The summed E-state index contributed by atoms with van der Waals surface area (Å²) in [4.78, 5) is 12.3. The zero-order valence-corrected chi connectivity index (χ0v) is 21.5. The topological polar surface area (TPSA) is 64.4 Å². The molecule has 2 rings (SSSR count). The average molecular weight is 443 g/mol. The molecule has 5 nitrogen and oxygen atoms in total. The van der Waals surface area contributed by atoms with E-state index in [0.717, 1.165) is 30.6 Å². The molecule has 1 atom stereocenters. The van der Waals surface area contributed by atoms with Crippen molar-refractivity contribution in [1.82, 2.24) is 9.78 Å². The Morgan fingerprint density at radius 1 is 1.09 bits per heavy atom. The predicted molar refractivity (Wildman–Crippen MR) is 131 cm³/mol. The van der Waals surface area contributed by atoms with E-state index in [1.807, 2.05) is 30.7 Å². The lowest BCUT2D eigenvalue weighted by molar-refractivity contribution is 0.0127. The van der Waals surface area contributed by atoms with Crippen LogP contribution in [0.3, 0.4) is 0 Å². The molecule has 2 aromatic rings. The van der Waals surface area contributed by atoms with Crippen LogP contribution in [-0.2, 0) is 16.6 Å². The predicted octanol–water partition coefficient (Wildman–Crippen LogP) is 6.77. The lowest BCUT2D eigenvalue weighted by atomic mass is 9.87. The summed E-state index contributed by atoms with van der Waals surface area (Å²) in [5.41, 5.74) is 3.90. The van der Waals surface area contributed by atoms with Gasteiger partial charge in [0, 0.05) is 7.11 Å². The summed E-state index contributed by atoms with van der Waals surface area (Å²) in [6.07, 6.45) is 3.68. The molecule has 0 bridgehead atoms. The smallest absolute Gasteiger partial charge is 0.339 e. The summed E-state index contributed by atoms with van der Waals surface area (Å²) < 4.78 is 7.36. The van der Waals surface area contributed by atoms with Crippen LogP contribution < -0.4 is 0 Å². The quantitative estimate of drug-likeness (QED) is 0.441. The van der Waals surface area contributed by atoms with Crippen LogP contribution >= 0.6 is 0 Å². The summed E-state index contributed by atoms with van der Waals surface area (Å²) in [7, 11) is 1.75. The molecule has 0 aliphatic heterocycles. The van der Waals surface area contributed by atoms with Crippen LogP contribution in [0.5, 0.6) is 0 Å². The molecule has 0 saturated heterocycles. The minimum atomic E-state index is -0.894. The minimum absolute atomic E-state index is 0.0439. The third kappa shape index (κ3) is 6.44. The van der Waals surface area contributed by atoms with Crippen molar-refractivity contribution in [3.8, 4) is 5.69 Å². The maximum atomic E-state index is 12.3. The van der Waals surface area contributed by atoms with Crippen LogP contribution in [0.25, 0.3) is 5.69 Å². The first kappa shape index (κ1) is 26.1. The molecular formula is C27H42N2O3. The maximum absolute atomic E-state index is 12.3. The molecule has 1 aromatic heterocycles. The monoisotopic (exact) mass is 442 g/mol. The molecule has 0 saturated carbocycles. The lowest BCUT2D eigenvalue weighted by Crippen LogP contribution is -2.22. The Kier molecular flexibility index (Phi) is 8.33. The third-order valence-corrected chi connectivity index (χ3v) is 6.30. The van der Waals surface area contributed by atoms with Gasteiger partial charge in [-0.1, -0.05) is 66.5 Å². The molecule has 0 aliphatic rings. The third-order valence-electron chi connectivity index (χ3n) is 6.30. The van der Waals surface area contributed by atoms with Gasteiger partial charge in [0.1, 0.15) is 5.56 Å². The second-order valence-electron chi connectivity index (χ2n) is 11.0. The molecule has 0 amide bonds. The molecule has 0 fully saturated rings. The van der Waals surface area contributed by atoms with E-state index in [0.29, 0.717) is 23.6 Å². The molecule has 1 aromatic carbocycles. The Bertz CT molecular complexity index is 902. The first-order valence-corrected chi connectivity index (χ1v) is 11.8. The highest BCUT2D eigenvalue weighted by Gasteiger charge is 2.27. The standard InChI is InChI=1S/C27H42N2O3/c1-18(2)24-23(25(30)31)22(17-19(3)11-10-16-27(7,8)32-9)28-29(24)21-14-12-20(13-15-21)26(4,5)6/h12-15,18-19H,10-11,16-17H2,1-9H3,(H,30,31). The number of carboxylic acids is 1. The average Bonchev–Trinajstić information content (AvgIpc) is 3.07. The molecule has 0 aliphatic carbocycles. The second-order valence-corrected chi connectivity index (χ2v) is 11.0. The number of hydrogen-bond acceptors (Lipinski definition) is 3. The number of aromatic nitrogens is 2. The number of nitrogens with zero attached hydrogens (tertiary/aromatic N) is 2. The van der Waals surface area contributed by atoms with Crippen LogP contribution in [-0.4, -0.2) is 33.6 Å². The van der Waals surface area contributed by atoms with E-state index >= 15 is 0 Å². The van der Waals surface area contributed by atoms with Crippen LogP contribution in [0.4, 0.5) is 0 Å². The van der Waals surface area contributed by atoms with Crippen molar-refractivity contribution in [3.63, 3.8) is 0 Å². The normalized spacial score (nSPS) is 13.6. The molecule has 0 radical (unpaired) electrons. The molecule has 1 N–H and O–H groups in total. The molecule has 32 heavy (non-hydrogen) atoms. The van der Waals surface area contributed by atoms with Gasteiger partial charge in [-0.2, -0.15) is 5.10 Å². The number of carbonyl (C=O) groups is 1. The van der Waals surface area contributed by atoms with Crippen LogP contribution in [0, 0.1) is 5.92 Å². The van der Waals surface area contributed by atoms with E-state index in [1.54, 1.807) is 7.11 Å². The van der Waals surface area contributed by atoms with Crippen molar-refractivity contribution < 1.29 is 14.6 Å². The van der Waals surface area contributed by atoms with Gasteiger partial charge in [-0.25, -0.2) is 9.48 Å². The molecule has 5 heteroatoms. The van der Waals surface area contributed by atoms with Crippen molar-refractivity contribution in [3.05, 3.63) is 46.8 Å². The number of aromatic carboxylic acids is 1. The second kappa shape index (κ2) is 10.2. The highest BCUT2D eigenvalue weighted by Crippen LogP contribution is 2.30. The minimum Gasteiger partial charge on any atom is -0.478 e. The molecule has 1 unspecified atom stereocenters. The SMILES string of the molecule is COC(C)(C)CCCC(C)Cc1nn(-c2ccc(C(C)(C)C)cc2)c(C(C)C)c1C(=O)O. The van der Waals surface area contributed by atoms with Gasteiger partial charge in [-0.15, -0.1) is 0 Å². The van der Waals surface area contributed by atoms with E-state index < -0.39 is 5.97 Å². The summed E-state index contributed by atoms with van der Waals surface area (Å²) >= 11 is 0. The Morgan fingerprint density at radius 3 is 2.16 bits per heavy atom. The van der Waals surface area contributed by atoms with E-state index in [9.17, 15) is 9.90 Å². The van der Waals surface area contributed by atoms with Gasteiger partial charge in [-0.3, -0.25) is 0 Å². The lowest BCUT2D eigenvalue weighted by Gasteiger charge is -2.23. The fourth-order valence-electron chi connectivity index (χ4n) is 4.10. The molecule has 0 spiro atoms. The van der Waals surface area contributed by atoms with Crippen LogP contribution in [0.15, 0.2) is 24.3 Å². The largest absolute Gasteiger partial charge is 0.478 e. The zero-order valence-electron chi connectivity index (χ0n) is 21.5. The molecule has 1 heterocycles. The number of methoxy groups -OCH3 is 1. The van der Waals surface area contributed by atoms with Crippen LogP contribution in [0.2, 0.25) is 0 Å². The van der Waals surface area contributed by atoms with Crippen LogP contribution in [0.1, 0.15) is 108 Å². The first-order chi connectivity index (χ1) is 14.8. The summed E-state index contributed by atoms with van der Waals surface area (Å²) in [6, 6.07) is 8.32. The summed E-state index contributed by atoms with van der Waals surface area (Å²) in [6.45, 7) is 17.0. The molecule has 178 valence electrons. The summed E-state index contributed by atoms with van der Waals surface area (Å²) in [5, 5.41) is 14.9. The van der Waals surface area contributed by atoms with Gasteiger partial charge in [0.05, 0.1) is 22.7 Å². The van der Waals surface area contributed by atoms with Gasteiger partial charge < -0.3 is 9.84 Å². The van der Waals surface area contributed by atoms with E-state index in [-0.39, 0.29) is 16.9 Å². The van der Waals surface area contributed by atoms with Crippen molar-refractivity contribution in [2.24, 2.45) is 5.92 Å². The van der Waals surface area contributed by atoms with Gasteiger partial charge in [0.2, 0.25) is 0 Å². The number of rotatable bonds is 10. The van der Waals surface area contributed by atoms with Crippen molar-refractivity contribution in [2.75, 3.05) is 7.11 Å². The van der Waals surface area contributed by atoms with Crippen molar-refractivity contribution in [2.45, 2.75) is 98.0 Å². The fourth-order valence-corrected chi connectivity index (χ4v) is 4.10. The first-order valence-electron chi connectivity index (χ1n) is 11.8. The van der Waals surface area contributed by atoms with Gasteiger partial charge in [0.25, 0.3) is 0 Å². The number of benzene rings is 1. The van der Waals surface area contributed by atoms with Gasteiger partial charge in [-0.05, 0) is 61.6 Å². The highest BCUT2D eigenvalue weighted by atomic mass is 16.5. The Labute approximate surface area is 194 Å².